The van der Waals surface area contributed by atoms with Crippen molar-refractivity contribution in [3.8, 4) is 11.5 Å². The van der Waals surface area contributed by atoms with Gasteiger partial charge in [0.15, 0.2) is 11.5 Å². The number of halogens is 1. The molecule has 0 radical (unpaired) electrons. The van der Waals surface area contributed by atoms with Crippen LogP contribution >= 0.6 is 0 Å². The number of fused-ring (bicyclic) bond motifs is 1. The van der Waals surface area contributed by atoms with E-state index in [-0.39, 0.29) is 5.75 Å². The van der Waals surface area contributed by atoms with Gasteiger partial charge in [-0.15, -0.1) is 0 Å². The lowest BCUT2D eigenvalue weighted by Gasteiger charge is -2.32. The molecule has 3 rings (SSSR count). The minimum Gasteiger partial charge on any atom is -0.504 e. The molecule has 1 aromatic rings. The highest BCUT2D eigenvalue weighted by Crippen LogP contribution is 2.44. The Kier molecular flexibility index (Phi) is 3.77. The third kappa shape index (κ3) is 2.82. The average Bonchev–Trinajstić information content (AvgIpc) is 2.87. The molecule has 1 fully saturated rings. The smallest absolute Gasteiger partial charge is 0.504 e. The van der Waals surface area contributed by atoms with Gasteiger partial charge in [0, 0.05) is 12.0 Å². The van der Waals surface area contributed by atoms with Crippen LogP contribution in [0.3, 0.4) is 0 Å². The Labute approximate surface area is 142 Å². The first-order chi connectivity index (χ1) is 10.9. The van der Waals surface area contributed by atoms with Gasteiger partial charge in [0.2, 0.25) is 0 Å². The van der Waals surface area contributed by atoms with Gasteiger partial charge in [0.1, 0.15) is 11.3 Å². The summed E-state index contributed by atoms with van der Waals surface area (Å²) in [5.74, 6) is 0.499. The Morgan fingerprint density at radius 3 is 2.29 bits per heavy atom. The van der Waals surface area contributed by atoms with Crippen molar-refractivity contribution in [1.29, 1.82) is 0 Å². The summed E-state index contributed by atoms with van der Waals surface area (Å²) in [6.07, 6.45) is 2.00. The molecule has 0 amide bonds. The fourth-order valence-corrected chi connectivity index (χ4v) is 2.97. The second-order valence-corrected chi connectivity index (χ2v) is 8.14. The summed E-state index contributed by atoms with van der Waals surface area (Å²) < 4.78 is 32.0. The third-order valence-corrected chi connectivity index (χ3v) is 5.03. The number of aromatic hydroxyl groups is 1. The van der Waals surface area contributed by atoms with Crippen molar-refractivity contribution >= 4 is 13.2 Å². The third-order valence-electron chi connectivity index (χ3n) is 5.03. The van der Waals surface area contributed by atoms with E-state index in [0.717, 1.165) is 5.56 Å². The molecule has 24 heavy (non-hydrogen) atoms. The predicted molar refractivity (Wildman–Crippen MR) is 91.7 cm³/mol. The van der Waals surface area contributed by atoms with Crippen LogP contribution in [0, 0.1) is 0 Å². The molecule has 0 spiro atoms. The van der Waals surface area contributed by atoms with Crippen LogP contribution in [0.5, 0.6) is 11.5 Å². The van der Waals surface area contributed by atoms with Gasteiger partial charge >= 0.3 is 7.12 Å². The second-order valence-electron chi connectivity index (χ2n) is 8.14. The average molecular weight is 334 g/mol. The van der Waals surface area contributed by atoms with E-state index in [1.807, 2.05) is 41.5 Å². The topological polar surface area (TPSA) is 47.9 Å². The van der Waals surface area contributed by atoms with Crippen LogP contribution in [0.2, 0.25) is 0 Å². The zero-order valence-corrected chi connectivity index (χ0v) is 15.1. The van der Waals surface area contributed by atoms with Gasteiger partial charge < -0.3 is 19.2 Å². The fourth-order valence-electron chi connectivity index (χ4n) is 2.97. The number of benzene rings is 1. The zero-order valence-electron chi connectivity index (χ0n) is 15.1. The van der Waals surface area contributed by atoms with Crippen LogP contribution in [-0.2, 0) is 15.7 Å². The maximum Gasteiger partial charge on any atom is 0.525 e. The van der Waals surface area contributed by atoms with Crippen molar-refractivity contribution in [3.63, 3.8) is 0 Å². The first kappa shape index (κ1) is 17.3. The van der Waals surface area contributed by atoms with Crippen molar-refractivity contribution in [2.75, 3.05) is 0 Å². The molecule has 6 heteroatoms. The molecule has 2 heterocycles. The summed E-state index contributed by atoms with van der Waals surface area (Å²) in [5.41, 5.74) is -0.640. The molecule has 2 aliphatic heterocycles. The molecule has 0 aliphatic carbocycles. The molecule has 0 unspecified atom stereocenters. The first-order valence-corrected chi connectivity index (χ1v) is 8.18. The largest absolute Gasteiger partial charge is 0.525 e. The highest BCUT2D eigenvalue weighted by atomic mass is 19.1. The van der Waals surface area contributed by atoms with Crippen LogP contribution in [0.4, 0.5) is 4.39 Å². The molecule has 130 valence electrons. The number of ether oxygens (including phenoxy) is 1. The predicted octanol–water partition coefficient (Wildman–Crippen LogP) is 4.05. The molecular weight excluding hydrogens is 310 g/mol. The van der Waals surface area contributed by atoms with Crippen molar-refractivity contribution in [3.05, 3.63) is 29.0 Å². The summed E-state index contributed by atoms with van der Waals surface area (Å²) in [5, 5.41) is 9.98. The highest BCUT2D eigenvalue weighted by molar-refractivity contribution is 6.54. The molecule has 1 aromatic carbocycles. The number of phenolic OH excluding ortho intramolecular Hbond substituents is 1. The summed E-state index contributed by atoms with van der Waals surface area (Å²) in [6, 6.07) is 3.20. The Hall–Kier alpha value is -1.53. The second kappa shape index (κ2) is 5.23. The Balaban J connectivity index is 1.93. The van der Waals surface area contributed by atoms with E-state index in [4.69, 9.17) is 14.0 Å². The molecule has 0 bridgehead atoms. The monoisotopic (exact) mass is 334 g/mol. The normalized spacial score (nSPS) is 24.0. The Morgan fingerprint density at radius 2 is 1.71 bits per heavy atom. The minimum absolute atomic E-state index is 0.0729. The molecule has 4 nitrogen and oxygen atoms in total. The van der Waals surface area contributed by atoms with Crippen LogP contribution in [0.1, 0.15) is 52.7 Å². The molecular formula is C18H24BFO4. The van der Waals surface area contributed by atoms with Gasteiger partial charge in [-0.05, 0) is 59.2 Å². The Morgan fingerprint density at radius 1 is 1.12 bits per heavy atom. The summed E-state index contributed by atoms with van der Waals surface area (Å²) in [7, 11) is -1.03. The SMILES string of the molecule is CC1(C)Cc2c(C=C(F)B3OC(C)(C)C(C)(C)O3)ccc(O)c2O1. The quantitative estimate of drug-likeness (QED) is 0.829. The number of hydrogen-bond acceptors (Lipinski definition) is 4. The number of rotatable bonds is 2. The lowest BCUT2D eigenvalue weighted by Crippen LogP contribution is -2.41. The minimum atomic E-state index is -1.03. The van der Waals surface area contributed by atoms with E-state index in [9.17, 15) is 9.50 Å². The van der Waals surface area contributed by atoms with Gasteiger partial charge in [-0.25, -0.2) is 4.39 Å². The van der Waals surface area contributed by atoms with E-state index < -0.39 is 29.6 Å². The first-order valence-electron chi connectivity index (χ1n) is 8.18. The molecule has 1 saturated heterocycles. The van der Waals surface area contributed by atoms with E-state index in [1.54, 1.807) is 6.07 Å². The van der Waals surface area contributed by atoms with Gasteiger partial charge in [-0.1, -0.05) is 6.07 Å². The highest BCUT2D eigenvalue weighted by Gasteiger charge is 2.53. The number of hydrogen-bond donors (Lipinski definition) is 1. The summed E-state index contributed by atoms with van der Waals surface area (Å²) in [6.45, 7) is 11.4. The van der Waals surface area contributed by atoms with Crippen LogP contribution in [-0.4, -0.2) is 29.0 Å². The van der Waals surface area contributed by atoms with E-state index in [1.165, 1.54) is 12.1 Å². The fraction of sp³-hybridized carbons (Fsp3) is 0.556. The maximum absolute atomic E-state index is 14.7. The molecule has 0 atom stereocenters. The van der Waals surface area contributed by atoms with Crippen LogP contribution < -0.4 is 4.74 Å². The lowest BCUT2D eigenvalue weighted by molar-refractivity contribution is 0.00578. The lowest BCUT2D eigenvalue weighted by atomic mass is 9.85. The van der Waals surface area contributed by atoms with Crippen molar-refractivity contribution in [2.45, 2.75) is 64.8 Å². The van der Waals surface area contributed by atoms with Crippen LogP contribution in [0.25, 0.3) is 6.08 Å². The Bertz CT molecular complexity index is 693. The molecule has 0 aromatic heterocycles. The molecule has 1 N–H and O–H groups in total. The van der Waals surface area contributed by atoms with Crippen LogP contribution in [0.15, 0.2) is 17.9 Å². The van der Waals surface area contributed by atoms with Gasteiger partial charge in [-0.2, -0.15) is 0 Å². The van der Waals surface area contributed by atoms with E-state index in [2.05, 4.69) is 0 Å². The number of phenols is 1. The van der Waals surface area contributed by atoms with Crippen molar-refractivity contribution in [2.24, 2.45) is 0 Å². The maximum atomic E-state index is 14.7. The van der Waals surface area contributed by atoms with E-state index in [0.29, 0.717) is 17.7 Å². The zero-order chi connectivity index (χ0) is 17.9. The van der Waals surface area contributed by atoms with Gasteiger partial charge in [-0.3, -0.25) is 0 Å². The van der Waals surface area contributed by atoms with Crippen molar-refractivity contribution in [1.82, 2.24) is 0 Å². The van der Waals surface area contributed by atoms with E-state index >= 15 is 0 Å². The van der Waals surface area contributed by atoms with Gasteiger partial charge in [0.05, 0.1) is 11.2 Å². The standard InChI is InChI=1S/C18H24BFO4/c1-16(2)10-12-11(7-8-13(21)15(12)22-16)9-14(20)19-23-17(3,4)18(5,6)24-19/h7-9,21H,10H2,1-6H3. The van der Waals surface area contributed by atoms with Crippen molar-refractivity contribution < 1.29 is 23.5 Å². The molecule has 0 saturated carbocycles. The summed E-state index contributed by atoms with van der Waals surface area (Å²) >= 11 is 0. The summed E-state index contributed by atoms with van der Waals surface area (Å²) in [4.78, 5) is 0. The molecule has 2 aliphatic rings. The van der Waals surface area contributed by atoms with Gasteiger partial charge in [0.25, 0.3) is 0 Å².